The molecular formula is C100H141FN16O30. The van der Waals surface area contributed by atoms with Gasteiger partial charge in [-0.1, -0.05) is 29.5 Å². The number of phenols is 1. The molecule has 147 heavy (non-hydrogen) atoms. The number of aliphatic hydroxyl groups is 6. The van der Waals surface area contributed by atoms with Gasteiger partial charge in [-0.15, -0.1) is 5.10 Å². The van der Waals surface area contributed by atoms with E-state index in [1.807, 2.05) is 24.3 Å². The van der Waals surface area contributed by atoms with Gasteiger partial charge in [0.2, 0.25) is 23.6 Å². The van der Waals surface area contributed by atoms with Crippen LogP contribution in [0.15, 0.2) is 161 Å². The van der Waals surface area contributed by atoms with Crippen LogP contribution >= 0.6 is 0 Å². The van der Waals surface area contributed by atoms with E-state index in [9.17, 15) is 59.3 Å². The van der Waals surface area contributed by atoms with Gasteiger partial charge in [0.05, 0.1) is 253 Å². The standard InChI is InChI=1S/C100H141FN16O30/c1-129-72-11-4-8-69(59-72)109-79(91(102)97-94(126)84(119)24-40-145-97)21-34-132-46-52-138-55-49-135-43-30-105-87(122)27-37-141-64-100(112-90(125)14-7-33-144-75-17-19-77-67(58-75)15-18-78(111-77)81(113-103)63-108-68-16-20-83(118)76(101)61-68,65-142-38-28-88(123)106-31-44-136-50-56-139-53-47-133-35-22-80(110-70-9-5-12-73(60-70)130-2)92(114-104)98-95(127)85(120)25-41-146-98)66-143-39-29-89(124)107-32-45-137-51-57-140-54-48-134-36-23-82-93(99-96(128)86(121)26-42-147-99)115-116-117(82)71-10-6-13-74(62-71)131-3/h4-6,8-13,15-20,58-63,84-86,94-99,103-104,108-110,118-121,126-128H,7,14,21-57,64-66,102H2,1-3H3,(H,105,122)(H,106,123)(H,107,124)(H,112,125)/b81-63-,91-79-,92-80-,113-103?,114-104?/t84-,85-,86-,94-,95-,96-,97-,98-,99-,100?/m1/s1. The Hall–Kier alpha value is -11.8. The summed E-state index contributed by atoms with van der Waals surface area (Å²) in [5.74, 6) is -0.654. The van der Waals surface area contributed by atoms with E-state index in [2.05, 4.69) is 62.7 Å². The molecule has 5 aromatic carbocycles. The van der Waals surface area contributed by atoms with Crippen LogP contribution in [0.5, 0.6) is 28.7 Å². The number of carbonyl (C=O) groups excluding carboxylic acids is 4. The van der Waals surface area contributed by atoms with Crippen LogP contribution in [-0.4, -0.2) is 360 Å². The van der Waals surface area contributed by atoms with Gasteiger partial charge < -0.3 is 169 Å². The summed E-state index contributed by atoms with van der Waals surface area (Å²) in [6.45, 7) is 3.70. The molecular weight excluding hydrogens is 1920 g/mol. The van der Waals surface area contributed by atoms with Crippen LogP contribution in [0.3, 0.4) is 0 Å². The fourth-order valence-electron chi connectivity index (χ4n) is 15.3. The molecule has 3 aliphatic heterocycles. The number of anilines is 3. The zero-order chi connectivity index (χ0) is 105. The number of nitrogens with two attached hydrogens (primary N) is 1. The second-order valence-electron chi connectivity index (χ2n) is 34.1. The van der Waals surface area contributed by atoms with Crippen molar-refractivity contribution in [2.24, 2.45) is 16.0 Å². The van der Waals surface area contributed by atoms with E-state index in [1.54, 1.807) is 105 Å². The fourth-order valence-corrected chi connectivity index (χ4v) is 15.3. The molecule has 0 saturated carbocycles. The van der Waals surface area contributed by atoms with Gasteiger partial charge in [-0.25, -0.2) is 25.1 Å². The molecule has 18 N–H and O–H groups in total. The second kappa shape index (κ2) is 65.8. The Labute approximate surface area is 851 Å². The smallest absolute Gasteiger partial charge is 0.222 e. The van der Waals surface area contributed by atoms with Crippen molar-refractivity contribution >= 4 is 57.3 Å². The summed E-state index contributed by atoms with van der Waals surface area (Å²) in [5, 5.41) is 111. The Morgan fingerprint density at radius 1 is 0.490 bits per heavy atom. The summed E-state index contributed by atoms with van der Waals surface area (Å²) in [7, 11) is 4.66. The van der Waals surface area contributed by atoms with Gasteiger partial charge in [0.15, 0.2) is 11.6 Å². The summed E-state index contributed by atoms with van der Waals surface area (Å²) < 4.78 is 126. The third kappa shape index (κ3) is 40.7. The van der Waals surface area contributed by atoms with E-state index >= 15 is 0 Å². The maximum absolute atomic E-state index is 14.3. The number of phenolic OH excluding ortho intramolecular Hbond substituents is 1. The number of amides is 4. The predicted molar refractivity (Wildman–Crippen MR) is 530 cm³/mol. The summed E-state index contributed by atoms with van der Waals surface area (Å²) >= 11 is 0. The number of aromatic nitrogens is 4. The number of nitrogens with zero attached hydrogens (tertiary/aromatic N) is 6. The van der Waals surface area contributed by atoms with Crippen molar-refractivity contribution in [2.75, 3.05) is 242 Å². The molecule has 0 bridgehead atoms. The molecule has 7 aromatic rings. The first-order valence-electron chi connectivity index (χ1n) is 48.9. The largest absolute Gasteiger partial charge is 0.505 e. The number of aliphatic hydroxyl groups excluding tert-OH is 6. The van der Waals surface area contributed by atoms with Crippen LogP contribution in [0.4, 0.5) is 21.5 Å². The molecule has 1 unspecified atom stereocenters. The van der Waals surface area contributed by atoms with Crippen molar-refractivity contribution in [1.29, 1.82) is 11.1 Å². The van der Waals surface area contributed by atoms with Crippen molar-refractivity contribution in [3.8, 4) is 34.4 Å². The highest BCUT2D eigenvalue weighted by molar-refractivity contribution is 5.83. The highest BCUT2D eigenvalue weighted by atomic mass is 19.1. The molecule has 10 atom stereocenters. The average Bonchev–Trinajstić information content (AvgIpc) is 1.66. The van der Waals surface area contributed by atoms with E-state index < -0.39 is 77.9 Å². The number of aromatic hydroxyl groups is 1. The number of pyridine rings is 1. The Morgan fingerprint density at radius 2 is 0.973 bits per heavy atom. The SMILES string of the molecule is COc1cccc(N/C(CCOCCOCCOCCNC(=O)CCOCC(COCCC(=O)NCCOCCOCCOCC/C(Nc2cccc(OC)c2)=C(/N=N)[C@H]2OCC[C@@H](O)[C@H]2O)(COCCC(=O)NCCOCCOCCOCCc2c([C@H]3OCC[C@@H](O)[C@H]3O)nnn2-c2cccc(OC)c2)NC(=O)CCCOc2ccc3nc(/C(=C/Nc4ccc(O)c(F)c4)N=N)ccc3c2)=C(\N)[C@H]2OCC[C@@H](O)[C@H]2O)c1. The first-order valence-corrected chi connectivity index (χ1v) is 48.9. The molecule has 46 nitrogen and oxygen atoms in total. The Kier molecular flexibility index (Phi) is 52.5. The lowest BCUT2D eigenvalue weighted by Gasteiger charge is -2.34. The molecule has 0 spiro atoms. The number of halogens is 1. The number of carbonyl (C=O) groups is 4. The summed E-state index contributed by atoms with van der Waals surface area (Å²) in [6.07, 6.45) is -6.80. The number of rotatable bonds is 73. The Morgan fingerprint density at radius 3 is 1.51 bits per heavy atom. The van der Waals surface area contributed by atoms with Gasteiger partial charge in [0.1, 0.15) is 82.2 Å². The lowest BCUT2D eigenvalue weighted by Crippen LogP contribution is -2.58. The maximum Gasteiger partial charge on any atom is 0.222 e. The molecule has 3 aliphatic rings. The van der Waals surface area contributed by atoms with Gasteiger partial charge in [0.25, 0.3) is 0 Å². The van der Waals surface area contributed by atoms with Crippen LogP contribution < -0.4 is 61.9 Å². The summed E-state index contributed by atoms with van der Waals surface area (Å²) in [5.41, 5.74) is 26.6. The van der Waals surface area contributed by atoms with Crippen LogP contribution in [0.1, 0.15) is 87.4 Å². The van der Waals surface area contributed by atoms with Gasteiger partial charge in [-0.3, -0.25) is 19.2 Å². The molecule has 47 heteroatoms. The van der Waals surface area contributed by atoms with Crippen molar-refractivity contribution in [3.05, 3.63) is 173 Å². The second-order valence-corrected chi connectivity index (χ2v) is 34.1. The average molecular weight is 2070 g/mol. The number of benzene rings is 5. The predicted octanol–water partition coefficient (Wildman–Crippen LogP) is 5.72. The van der Waals surface area contributed by atoms with Gasteiger partial charge in [-0.05, 0) is 98.5 Å². The van der Waals surface area contributed by atoms with Gasteiger partial charge in [0, 0.05) is 129 Å². The van der Waals surface area contributed by atoms with E-state index in [-0.39, 0.29) is 297 Å². The third-order valence-corrected chi connectivity index (χ3v) is 23.2. The van der Waals surface area contributed by atoms with E-state index in [0.717, 1.165) is 6.07 Å². The zero-order valence-electron chi connectivity index (χ0n) is 83.2. The number of nitrogens with one attached hydrogen (secondary N) is 9. The minimum Gasteiger partial charge on any atom is -0.505 e. The normalized spacial score (nSPS) is 18.7. The van der Waals surface area contributed by atoms with Gasteiger partial charge >= 0.3 is 0 Å². The molecule has 0 aliphatic carbocycles. The van der Waals surface area contributed by atoms with E-state index in [1.165, 1.54) is 18.3 Å². The minimum atomic E-state index is -1.49. The zero-order valence-corrected chi connectivity index (χ0v) is 83.2. The molecule has 808 valence electrons. The lowest BCUT2D eigenvalue weighted by molar-refractivity contribution is -0.138. The number of ether oxygens (including phenoxy) is 19. The number of hydrogen-bond donors (Lipinski definition) is 17. The molecule has 2 aromatic heterocycles. The van der Waals surface area contributed by atoms with Crippen molar-refractivity contribution in [2.45, 2.75) is 131 Å². The molecule has 4 amide bonds. The first kappa shape index (κ1) is 117. The van der Waals surface area contributed by atoms with Crippen LogP contribution in [-0.2, 0) is 96.7 Å². The van der Waals surface area contributed by atoms with Crippen molar-refractivity contribution in [1.82, 2.24) is 41.2 Å². The van der Waals surface area contributed by atoms with E-state index in [4.69, 9.17) is 107 Å². The Balaban J connectivity index is 0.693. The fraction of sp³-hybridized carbons (Fsp3) is 0.550. The molecule has 3 fully saturated rings. The van der Waals surface area contributed by atoms with E-state index in [0.29, 0.717) is 98.0 Å². The minimum absolute atomic E-state index is 0.0792. The van der Waals surface area contributed by atoms with Crippen molar-refractivity contribution in [3.63, 3.8) is 0 Å². The number of fused-ring (bicyclic) bond motifs is 1. The Bertz CT molecular complexity index is 5250. The van der Waals surface area contributed by atoms with Crippen molar-refractivity contribution < 1.29 is 149 Å². The molecule has 10 rings (SSSR count). The molecule has 0 radical (unpaired) electrons. The van der Waals surface area contributed by atoms with Crippen LogP contribution in [0, 0.1) is 16.9 Å². The number of methoxy groups -OCH3 is 3. The highest BCUT2D eigenvalue weighted by Crippen LogP contribution is 2.35. The van der Waals surface area contributed by atoms with Crippen LogP contribution in [0.2, 0.25) is 0 Å². The third-order valence-electron chi connectivity index (χ3n) is 23.2. The van der Waals surface area contributed by atoms with Gasteiger partial charge in [-0.2, -0.15) is 10.2 Å². The summed E-state index contributed by atoms with van der Waals surface area (Å²) in [6, 6.07) is 33.9. The quantitative estimate of drug-likeness (QED) is 0.0123. The highest BCUT2D eigenvalue weighted by Gasteiger charge is 2.40. The number of hydrogen-bond acceptors (Lipinski definition) is 41. The topological polar surface area (TPSA) is 612 Å². The molecule has 5 heterocycles. The first-order chi connectivity index (χ1) is 71.6. The molecule has 3 saturated heterocycles. The summed E-state index contributed by atoms with van der Waals surface area (Å²) in [4.78, 5) is 58.9. The monoisotopic (exact) mass is 2060 g/mol. The lowest BCUT2D eigenvalue weighted by atomic mass is 9.98. The maximum atomic E-state index is 14.3. The van der Waals surface area contributed by atoms with Crippen LogP contribution in [0.25, 0.3) is 22.3 Å².